The molecule has 0 radical (unpaired) electrons. The first-order valence-electron chi connectivity index (χ1n) is 10.4. The van der Waals surface area contributed by atoms with Crippen molar-refractivity contribution in [1.82, 2.24) is 24.6 Å². The molecule has 7 heteroatoms. The van der Waals surface area contributed by atoms with E-state index in [1.807, 2.05) is 28.9 Å². The van der Waals surface area contributed by atoms with E-state index in [1.165, 1.54) is 6.33 Å². The highest BCUT2D eigenvalue weighted by Gasteiger charge is 2.29. The Balaban J connectivity index is 1.57. The summed E-state index contributed by atoms with van der Waals surface area (Å²) < 4.78 is 1.83. The molecular weight excluding hydrogens is 400 g/mol. The van der Waals surface area contributed by atoms with Crippen LogP contribution in [0.15, 0.2) is 48.8 Å². The van der Waals surface area contributed by atoms with Crippen LogP contribution in [0.25, 0.3) is 21.8 Å². The van der Waals surface area contributed by atoms with Gasteiger partial charge in [-0.25, -0.2) is 14.6 Å². The topological polar surface area (TPSA) is 89.9 Å². The van der Waals surface area contributed by atoms with Crippen molar-refractivity contribution < 1.29 is 4.79 Å². The molecule has 1 amide bonds. The zero-order valence-corrected chi connectivity index (χ0v) is 17.5. The van der Waals surface area contributed by atoms with Gasteiger partial charge in [-0.05, 0) is 42.0 Å². The largest absolute Gasteiger partial charge is 0.383 e. The molecule has 0 spiro atoms. The summed E-state index contributed by atoms with van der Waals surface area (Å²) in [5.41, 5.74) is 8.26. The van der Waals surface area contributed by atoms with Gasteiger partial charge in [0.1, 0.15) is 17.8 Å². The third-order valence-corrected chi connectivity index (χ3v) is 5.65. The van der Waals surface area contributed by atoms with Crippen molar-refractivity contribution in [3.63, 3.8) is 0 Å². The van der Waals surface area contributed by atoms with Gasteiger partial charge < -0.3 is 10.6 Å². The molecular formula is C25H20N6O. The number of hydrogen-bond donors (Lipinski definition) is 1. The first kappa shape index (κ1) is 19.6. The van der Waals surface area contributed by atoms with Crippen LogP contribution >= 0.6 is 0 Å². The van der Waals surface area contributed by atoms with Crippen LogP contribution in [0.2, 0.25) is 0 Å². The number of carbonyl (C=O) groups excluding carboxylic acids is 1. The molecule has 1 aliphatic heterocycles. The molecule has 3 heterocycles. The maximum atomic E-state index is 12.2. The maximum absolute atomic E-state index is 12.2. The minimum absolute atomic E-state index is 0.0255. The molecule has 32 heavy (non-hydrogen) atoms. The number of amides is 1. The van der Waals surface area contributed by atoms with E-state index in [2.05, 4.69) is 51.8 Å². The van der Waals surface area contributed by atoms with Gasteiger partial charge in [-0.3, -0.25) is 4.79 Å². The molecule has 1 fully saturated rings. The predicted octanol–water partition coefficient (Wildman–Crippen LogP) is 2.76. The van der Waals surface area contributed by atoms with E-state index in [0.717, 1.165) is 22.8 Å². The summed E-state index contributed by atoms with van der Waals surface area (Å²) >= 11 is 0. The van der Waals surface area contributed by atoms with Gasteiger partial charge in [-0.1, -0.05) is 48.2 Å². The molecule has 1 atom stereocenters. The lowest BCUT2D eigenvalue weighted by molar-refractivity contribution is -0.124. The Morgan fingerprint density at radius 2 is 1.97 bits per heavy atom. The van der Waals surface area contributed by atoms with Crippen LogP contribution in [0.5, 0.6) is 0 Å². The first-order chi connectivity index (χ1) is 15.7. The van der Waals surface area contributed by atoms with Gasteiger partial charge in [0, 0.05) is 18.7 Å². The molecule has 0 unspecified atom stereocenters. The molecule has 1 saturated heterocycles. The predicted molar refractivity (Wildman–Crippen MR) is 123 cm³/mol. The maximum Gasteiger partial charge on any atom is 0.298 e. The van der Waals surface area contributed by atoms with E-state index >= 15 is 0 Å². The monoisotopic (exact) mass is 420 g/mol. The minimum atomic E-state index is -0.170. The molecule has 4 aromatic rings. The Morgan fingerprint density at radius 1 is 1.12 bits per heavy atom. The number of fused-ring (bicyclic) bond motifs is 2. The fourth-order valence-electron chi connectivity index (χ4n) is 4.11. The third kappa shape index (κ3) is 3.40. The lowest BCUT2D eigenvalue weighted by atomic mass is 10.0. The Morgan fingerprint density at radius 3 is 2.84 bits per heavy atom. The van der Waals surface area contributed by atoms with Crippen LogP contribution < -0.4 is 5.73 Å². The smallest absolute Gasteiger partial charge is 0.298 e. The van der Waals surface area contributed by atoms with E-state index in [9.17, 15) is 4.79 Å². The van der Waals surface area contributed by atoms with Crippen molar-refractivity contribution in [2.24, 2.45) is 0 Å². The molecule has 1 aliphatic rings. The summed E-state index contributed by atoms with van der Waals surface area (Å²) in [5, 5.41) is 7.60. The van der Waals surface area contributed by atoms with Crippen LogP contribution in [0.4, 0.5) is 5.82 Å². The van der Waals surface area contributed by atoms with E-state index in [0.29, 0.717) is 35.6 Å². The fourth-order valence-corrected chi connectivity index (χ4v) is 4.11. The second-order valence-corrected chi connectivity index (χ2v) is 7.60. The normalized spacial score (nSPS) is 15.3. The second-order valence-electron chi connectivity index (χ2n) is 7.60. The van der Waals surface area contributed by atoms with Crippen molar-refractivity contribution in [1.29, 1.82) is 0 Å². The Labute approximate surface area is 185 Å². The minimum Gasteiger partial charge on any atom is -0.383 e. The molecule has 0 bridgehead atoms. The van der Waals surface area contributed by atoms with Crippen LogP contribution in [0.3, 0.4) is 0 Å². The van der Waals surface area contributed by atoms with E-state index in [1.54, 1.807) is 11.8 Å². The van der Waals surface area contributed by atoms with Crippen LogP contribution in [0.1, 0.15) is 30.6 Å². The quantitative estimate of drug-likeness (QED) is 0.478. The van der Waals surface area contributed by atoms with Crippen LogP contribution in [0, 0.1) is 23.7 Å². The number of aromatic nitrogens is 4. The Kier molecular flexibility index (Phi) is 4.93. The average Bonchev–Trinajstić information content (AvgIpc) is 3.44. The van der Waals surface area contributed by atoms with Gasteiger partial charge in [0.2, 0.25) is 0 Å². The van der Waals surface area contributed by atoms with Crippen LogP contribution in [-0.2, 0) is 4.79 Å². The zero-order valence-electron chi connectivity index (χ0n) is 17.5. The second kappa shape index (κ2) is 8.05. The van der Waals surface area contributed by atoms with Crippen LogP contribution in [-0.4, -0.2) is 43.6 Å². The number of nitrogens with two attached hydrogens (primary N) is 1. The highest BCUT2D eigenvalue weighted by Crippen LogP contribution is 2.28. The van der Waals surface area contributed by atoms with Gasteiger partial charge in [-0.2, -0.15) is 5.10 Å². The molecule has 156 valence electrons. The number of anilines is 1. The summed E-state index contributed by atoms with van der Waals surface area (Å²) in [6, 6.07) is 14.1. The summed E-state index contributed by atoms with van der Waals surface area (Å²) in [4.78, 5) is 22.5. The third-order valence-electron chi connectivity index (χ3n) is 5.65. The van der Waals surface area contributed by atoms with Gasteiger partial charge in [0.25, 0.3) is 5.91 Å². The Hall–Kier alpha value is -4.36. The number of nitrogens with zero attached hydrogens (tertiary/aromatic N) is 5. The van der Waals surface area contributed by atoms with Crippen molar-refractivity contribution >= 4 is 33.5 Å². The fraction of sp³-hybridized carbons (Fsp3) is 0.200. The molecule has 0 aliphatic carbocycles. The van der Waals surface area contributed by atoms with Gasteiger partial charge in [-0.15, -0.1) is 0 Å². The summed E-state index contributed by atoms with van der Waals surface area (Å²) in [6.07, 6.45) is 2.19. The highest BCUT2D eigenvalue weighted by molar-refractivity contribution is 5.94. The van der Waals surface area contributed by atoms with E-state index in [4.69, 9.17) is 10.8 Å². The summed E-state index contributed by atoms with van der Waals surface area (Å²) in [6.45, 7) is 2.80. The lowest BCUT2D eigenvalue weighted by Gasteiger charge is -2.13. The standard InChI is InChI=1S/C25H20N6O/c1-2-6-22(32)30-14-13-19(15-30)31-25-23(24(26)27-16-28-25)21(29-31)12-11-18-9-5-8-17-7-3-4-10-20(17)18/h3-5,7-10,16,19H,13-15H2,1H3,(H2,26,27,28)/t19-/m0/s1. The van der Waals surface area contributed by atoms with Gasteiger partial charge >= 0.3 is 0 Å². The van der Waals surface area contributed by atoms with Gasteiger partial charge in [0.15, 0.2) is 5.65 Å². The van der Waals surface area contributed by atoms with Crippen molar-refractivity contribution in [2.75, 3.05) is 18.8 Å². The average molecular weight is 420 g/mol. The summed E-state index contributed by atoms with van der Waals surface area (Å²) in [5.74, 6) is 11.9. The molecule has 2 aromatic carbocycles. The van der Waals surface area contributed by atoms with Crippen molar-refractivity contribution in [2.45, 2.75) is 19.4 Å². The number of likely N-dealkylation sites (tertiary alicyclic amines) is 1. The van der Waals surface area contributed by atoms with E-state index < -0.39 is 0 Å². The SMILES string of the molecule is CC#CC(=O)N1CC[C@H](n2nc(C#Cc3cccc4ccccc34)c3c(N)ncnc32)C1. The molecule has 0 saturated carbocycles. The number of carbonyl (C=O) groups is 1. The lowest BCUT2D eigenvalue weighted by Crippen LogP contribution is -2.28. The molecule has 2 aromatic heterocycles. The number of hydrogen-bond acceptors (Lipinski definition) is 5. The molecule has 5 rings (SSSR count). The highest BCUT2D eigenvalue weighted by atomic mass is 16.2. The molecule has 7 nitrogen and oxygen atoms in total. The first-order valence-corrected chi connectivity index (χ1v) is 10.4. The Bertz CT molecular complexity index is 1480. The van der Waals surface area contributed by atoms with Crippen molar-refractivity contribution in [3.05, 3.63) is 60.0 Å². The van der Waals surface area contributed by atoms with Gasteiger partial charge in [0.05, 0.1) is 11.4 Å². The summed E-state index contributed by atoms with van der Waals surface area (Å²) in [7, 11) is 0. The molecule has 2 N–H and O–H groups in total. The number of nitrogen functional groups attached to an aromatic ring is 1. The zero-order chi connectivity index (χ0) is 22.1. The number of rotatable bonds is 1. The number of benzene rings is 2. The van der Waals surface area contributed by atoms with E-state index in [-0.39, 0.29) is 11.9 Å². The van der Waals surface area contributed by atoms with Crippen molar-refractivity contribution in [3.8, 4) is 23.7 Å².